The van der Waals surface area contributed by atoms with Crippen molar-refractivity contribution in [3.05, 3.63) is 22.4 Å². The molecule has 0 aromatic carbocycles. The van der Waals surface area contributed by atoms with Gasteiger partial charge in [-0.2, -0.15) is 0 Å². The zero-order chi connectivity index (χ0) is 14.6. The van der Waals surface area contributed by atoms with Crippen LogP contribution in [0.5, 0.6) is 0 Å². The Morgan fingerprint density at radius 3 is 2.86 bits per heavy atom. The Balaban J connectivity index is 0.00000400. The first-order valence-corrected chi connectivity index (χ1v) is 8.25. The van der Waals surface area contributed by atoms with E-state index in [0.717, 1.165) is 51.6 Å². The number of nitrogens with one attached hydrogen (secondary N) is 1. The third-order valence-electron chi connectivity index (χ3n) is 2.88. The average molecular weight is 425 g/mol. The minimum absolute atomic E-state index is 0. The summed E-state index contributed by atoms with van der Waals surface area (Å²) in [5.74, 6) is 0.987. The molecule has 0 bridgehead atoms. The third kappa shape index (κ3) is 9.31. The fraction of sp³-hybridized carbons (Fsp3) is 0.667. The smallest absolute Gasteiger partial charge is 0.193 e. The van der Waals surface area contributed by atoms with Crippen molar-refractivity contribution in [2.45, 2.75) is 26.7 Å². The van der Waals surface area contributed by atoms with Gasteiger partial charge in [-0.25, -0.2) is 0 Å². The summed E-state index contributed by atoms with van der Waals surface area (Å²) in [7, 11) is 2.09. The second kappa shape index (κ2) is 13.3. The molecule has 1 heterocycles. The summed E-state index contributed by atoms with van der Waals surface area (Å²) in [5, 5.41) is 5.47. The van der Waals surface area contributed by atoms with Gasteiger partial charge in [-0.1, -0.05) is 6.07 Å². The van der Waals surface area contributed by atoms with E-state index in [1.54, 1.807) is 0 Å². The minimum Gasteiger partial charge on any atom is -0.382 e. The topological polar surface area (TPSA) is 36.9 Å². The molecular formula is C15H28IN3OS. The monoisotopic (exact) mass is 425 g/mol. The predicted octanol–water partition coefficient (Wildman–Crippen LogP) is 3.23. The maximum atomic E-state index is 5.33. The molecule has 0 amide bonds. The van der Waals surface area contributed by atoms with E-state index in [9.17, 15) is 0 Å². The standard InChI is InChI=1S/C15H27N3OS.HI/c1-4-16-15(17-10-7-12-19-5-2)18(3)11-9-14-8-6-13-20-14;/h6,8,13H,4-5,7,9-12H2,1-3H3,(H,16,17);1H. The normalized spacial score (nSPS) is 11.1. The highest BCUT2D eigenvalue weighted by molar-refractivity contribution is 14.0. The molecule has 0 atom stereocenters. The molecule has 1 aromatic heterocycles. The van der Waals surface area contributed by atoms with Gasteiger partial charge in [0.15, 0.2) is 5.96 Å². The third-order valence-corrected chi connectivity index (χ3v) is 3.82. The van der Waals surface area contributed by atoms with Crippen LogP contribution in [0, 0.1) is 0 Å². The lowest BCUT2D eigenvalue weighted by Gasteiger charge is -2.21. The van der Waals surface area contributed by atoms with Crippen molar-refractivity contribution < 1.29 is 4.74 Å². The number of rotatable bonds is 9. The van der Waals surface area contributed by atoms with Gasteiger partial charge < -0.3 is 15.0 Å². The largest absolute Gasteiger partial charge is 0.382 e. The van der Waals surface area contributed by atoms with Crippen LogP contribution in [-0.2, 0) is 11.2 Å². The molecule has 0 radical (unpaired) electrons. The Bertz CT molecular complexity index is 371. The molecule has 0 fully saturated rings. The molecular weight excluding hydrogens is 397 g/mol. The molecule has 0 aliphatic heterocycles. The molecule has 6 heteroatoms. The molecule has 4 nitrogen and oxygen atoms in total. The lowest BCUT2D eigenvalue weighted by molar-refractivity contribution is 0.146. The average Bonchev–Trinajstić information content (AvgIpc) is 2.96. The van der Waals surface area contributed by atoms with Crippen molar-refractivity contribution in [1.29, 1.82) is 0 Å². The van der Waals surface area contributed by atoms with Gasteiger partial charge in [-0.3, -0.25) is 4.99 Å². The Kier molecular flexibility index (Phi) is 13.1. The van der Waals surface area contributed by atoms with Crippen LogP contribution >= 0.6 is 35.3 Å². The van der Waals surface area contributed by atoms with Gasteiger partial charge in [-0.05, 0) is 38.1 Å². The SMILES string of the molecule is CCNC(=NCCCOCC)N(C)CCc1cccs1.I. The number of guanidine groups is 1. The summed E-state index contributed by atoms with van der Waals surface area (Å²) in [6.45, 7) is 8.38. The highest BCUT2D eigenvalue weighted by Crippen LogP contribution is 2.09. The van der Waals surface area contributed by atoms with Crippen LogP contribution < -0.4 is 5.32 Å². The second-order valence-electron chi connectivity index (χ2n) is 4.54. The molecule has 0 spiro atoms. The van der Waals surface area contributed by atoms with Crippen LogP contribution in [0.4, 0.5) is 0 Å². The summed E-state index contributed by atoms with van der Waals surface area (Å²) < 4.78 is 5.33. The van der Waals surface area contributed by atoms with Crippen LogP contribution in [0.15, 0.2) is 22.5 Å². The van der Waals surface area contributed by atoms with Crippen LogP contribution in [0.2, 0.25) is 0 Å². The van der Waals surface area contributed by atoms with E-state index in [4.69, 9.17) is 4.74 Å². The van der Waals surface area contributed by atoms with Crippen LogP contribution in [0.25, 0.3) is 0 Å². The minimum atomic E-state index is 0. The Morgan fingerprint density at radius 2 is 2.24 bits per heavy atom. The number of hydrogen-bond donors (Lipinski definition) is 1. The molecule has 122 valence electrons. The lowest BCUT2D eigenvalue weighted by Crippen LogP contribution is -2.40. The molecule has 0 aliphatic carbocycles. The van der Waals surface area contributed by atoms with Gasteiger partial charge in [0.05, 0.1) is 0 Å². The molecule has 1 aromatic rings. The van der Waals surface area contributed by atoms with Crippen LogP contribution in [0.1, 0.15) is 25.1 Å². The maximum absolute atomic E-state index is 5.33. The van der Waals surface area contributed by atoms with E-state index < -0.39 is 0 Å². The van der Waals surface area contributed by atoms with Crippen LogP contribution in [-0.4, -0.2) is 50.8 Å². The molecule has 21 heavy (non-hydrogen) atoms. The lowest BCUT2D eigenvalue weighted by atomic mass is 10.3. The van der Waals surface area contributed by atoms with Gasteiger partial charge in [0.25, 0.3) is 0 Å². The summed E-state index contributed by atoms with van der Waals surface area (Å²) >= 11 is 1.81. The number of likely N-dealkylation sites (N-methyl/N-ethyl adjacent to an activating group) is 1. The van der Waals surface area contributed by atoms with Gasteiger partial charge in [-0.15, -0.1) is 35.3 Å². The Hall–Kier alpha value is -0.340. The van der Waals surface area contributed by atoms with Crippen molar-refractivity contribution in [2.24, 2.45) is 4.99 Å². The molecule has 0 aliphatic rings. The van der Waals surface area contributed by atoms with Crippen molar-refractivity contribution in [3.8, 4) is 0 Å². The van der Waals surface area contributed by atoms with E-state index in [1.807, 2.05) is 18.3 Å². The molecule has 0 saturated heterocycles. The van der Waals surface area contributed by atoms with E-state index in [-0.39, 0.29) is 24.0 Å². The predicted molar refractivity (Wildman–Crippen MR) is 103 cm³/mol. The Morgan fingerprint density at radius 1 is 1.43 bits per heavy atom. The maximum Gasteiger partial charge on any atom is 0.193 e. The number of aliphatic imine (C=N–C) groups is 1. The molecule has 1 rings (SSSR count). The number of halogens is 1. The quantitative estimate of drug-likeness (QED) is 0.286. The van der Waals surface area contributed by atoms with Crippen molar-refractivity contribution in [1.82, 2.24) is 10.2 Å². The van der Waals surface area contributed by atoms with Gasteiger partial charge in [0.1, 0.15) is 0 Å². The molecule has 0 saturated carbocycles. The highest BCUT2D eigenvalue weighted by Gasteiger charge is 2.05. The number of hydrogen-bond acceptors (Lipinski definition) is 3. The van der Waals surface area contributed by atoms with Gasteiger partial charge in [0, 0.05) is 44.8 Å². The van der Waals surface area contributed by atoms with Crippen molar-refractivity contribution in [2.75, 3.05) is 39.9 Å². The van der Waals surface area contributed by atoms with Gasteiger partial charge >= 0.3 is 0 Å². The van der Waals surface area contributed by atoms with Crippen molar-refractivity contribution >= 4 is 41.3 Å². The summed E-state index contributed by atoms with van der Waals surface area (Å²) in [5.41, 5.74) is 0. The zero-order valence-electron chi connectivity index (χ0n) is 13.3. The fourth-order valence-electron chi connectivity index (χ4n) is 1.80. The number of thiophene rings is 1. The first-order valence-electron chi connectivity index (χ1n) is 7.37. The van der Waals surface area contributed by atoms with E-state index in [1.165, 1.54) is 4.88 Å². The first-order chi connectivity index (χ1) is 9.77. The number of ether oxygens (including phenoxy) is 1. The second-order valence-corrected chi connectivity index (χ2v) is 5.57. The zero-order valence-corrected chi connectivity index (χ0v) is 16.4. The summed E-state index contributed by atoms with van der Waals surface area (Å²) in [4.78, 5) is 8.26. The van der Waals surface area contributed by atoms with E-state index in [2.05, 4.69) is 46.7 Å². The first kappa shape index (κ1) is 20.7. The van der Waals surface area contributed by atoms with E-state index in [0.29, 0.717) is 0 Å². The molecule has 0 unspecified atom stereocenters. The highest BCUT2D eigenvalue weighted by atomic mass is 127. The van der Waals surface area contributed by atoms with Gasteiger partial charge in [0.2, 0.25) is 0 Å². The fourth-order valence-corrected chi connectivity index (χ4v) is 2.50. The summed E-state index contributed by atoms with van der Waals surface area (Å²) in [6.07, 6.45) is 2.04. The molecule has 1 N–H and O–H groups in total. The van der Waals surface area contributed by atoms with Crippen molar-refractivity contribution in [3.63, 3.8) is 0 Å². The van der Waals surface area contributed by atoms with E-state index >= 15 is 0 Å². The Labute approximate surface area is 150 Å². The summed E-state index contributed by atoms with van der Waals surface area (Å²) in [6, 6.07) is 4.29. The van der Waals surface area contributed by atoms with Crippen LogP contribution in [0.3, 0.4) is 0 Å². The number of nitrogens with zero attached hydrogens (tertiary/aromatic N) is 2.